The predicted octanol–water partition coefficient (Wildman–Crippen LogP) is 1.79. The summed E-state index contributed by atoms with van der Waals surface area (Å²) >= 11 is 1.31. The average Bonchev–Trinajstić information content (AvgIpc) is 3.04. The van der Waals surface area contributed by atoms with E-state index in [4.69, 9.17) is 0 Å². The molecule has 0 saturated heterocycles. The summed E-state index contributed by atoms with van der Waals surface area (Å²) in [6, 6.07) is 6.15. The van der Waals surface area contributed by atoms with Crippen LogP contribution in [0.2, 0.25) is 0 Å². The topological polar surface area (TPSA) is 89.8 Å². The first kappa shape index (κ1) is 14.9. The molecule has 23 heavy (non-hydrogen) atoms. The molecule has 3 aromatic rings. The first-order valence-corrected chi connectivity index (χ1v) is 7.42. The number of esters is 1. The van der Waals surface area contributed by atoms with Crippen molar-refractivity contribution in [3.8, 4) is 0 Å². The molecular weight excluding hydrogens is 318 g/mol. The molecule has 0 unspecified atom stereocenters. The van der Waals surface area contributed by atoms with E-state index in [2.05, 4.69) is 15.0 Å². The number of rotatable bonds is 3. The number of anilines is 1. The Morgan fingerprint density at radius 1 is 1.26 bits per heavy atom. The van der Waals surface area contributed by atoms with Gasteiger partial charge in [-0.05, 0) is 24.3 Å². The summed E-state index contributed by atoms with van der Waals surface area (Å²) in [6.07, 6.45) is 2.82. The van der Waals surface area contributed by atoms with Gasteiger partial charge in [0.2, 0.25) is 0 Å². The van der Waals surface area contributed by atoms with Gasteiger partial charge < -0.3 is 10.1 Å². The van der Waals surface area contributed by atoms with Crippen LogP contribution in [0.3, 0.4) is 0 Å². The van der Waals surface area contributed by atoms with Crippen LogP contribution in [0, 0.1) is 0 Å². The van der Waals surface area contributed by atoms with Gasteiger partial charge in [-0.3, -0.25) is 14.0 Å². The number of hydrogen-bond donors (Lipinski definition) is 1. The highest BCUT2D eigenvalue weighted by Crippen LogP contribution is 2.12. The van der Waals surface area contributed by atoms with E-state index in [1.54, 1.807) is 23.7 Å². The van der Waals surface area contributed by atoms with Gasteiger partial charge in [-0.15, -0.1) is 11.3 Å². The van der Waals surface area contributed by atoms with E-state index in [1.807, 2.05) is 0 Å². The van der Waals surface area contributed by atoms with E-state index in [9.17, 15) is 14.4 Å². The van der Waals surface area contributed by atoms with Gasteiger partial charge >= 0.3 is 5.97 Å². The minimum Gasteiger partial charge on any atom is -0.465 e. The fourth-order valence-electron chi connectivity index (χ4n) is 1.99. The lowest BCUT2D eigenvalue weighted by Crippen LogP contribution is -2.25. The Kier molecular flexibility index (Phi) is 3.90. The maximum Gasteiger partial charge on any atom is 0.337 e. The lowest BCUT2D eigenvalue weighted by Gasteiger charge is -2.06. The molecule has 2 aromatic heterocycles. The third-order valence-electron chi connectivity index (χ3n) is 3.15. The van der Waals surface area contributed by atoms with E-state index in [0.29, 0.717) is 16.2 Å². The number of carbonyl (C=O) groups is 2. The lowest BCUT2D eigenvalue weighted by atomic mass is 10.2. The second-order valence-corrected chi connectivity index (χ2v) is 5.43. The molecule has 0 fully saturated rings. The van der Waals surface area contributed by atoms with Crippen molar-refractivity contribution < 1.29 is 14.3 Å². The van der Waals surface area contributed by atoms with E-state index in [1.165, 1.54) is 41.2 Å². The number of hydrogen-bond acceptors (Lipinski definition) is 6. The molecule has 3 rings (SSSR count). The smallest absolute Gasteiger partial charge is 0.337 e. The van der Waals surface area contributed by atoms with Crippen molar-refractivity contribution in [2.24, 2.45) is 0 Å². The third kappa shape index (κ3) is 2.84. The monoisotopic (exact) mass is 329 g/mol. The molecule has 0 aliphatic carbocycles. The van der Waals surface area contributed by atoms with Gasteiger partial charge in [0.15, 0.2) is 4.96 Å². The number of methoxy groups -OCH3 is 1. The summed E-state index contributed by atoms with van der Waals surface area (Å²) in [6.45, 7) is 0. The molecule has 1 aromatic carbocycles. The second-order valence-electron chi connectivity index (χ2n) is 4.56. The molecule has 1 amide bonds. The van der Waals surface area contributed by atoms with Gasteiger partial charge in [0.25, 0.3) is 11.5 Å². The number of carbonyl (C=O) groups excluding carboxylic acids is 2. The zero-order valence-corrected chi connectivity index (χ0v) is 12.8. The van der Waals surface area contributed by atoms with Gasteiger partial charge in [-0.1, -0.05) is 0 Å². The molecule has 0 bridgehead atoms. The molecule has 1 N–H and O–H groups in total. The summed E-state index contributed by atoms with van der Waals surface area (Å²) in [7, 11) is 1.29. The fraction of sp³-hybridized carbons (Fsp3) is 0.0667. The molecule has 2 heterocycles. The van der Waals surface area contributed by atoms with Crippen LogP contribution in [0.1, 0.15) is 20.7 Å². The normalized spacial score (nSPS) is 10.5. The van der Waals surface area contributed by atoms with E-state index >= 15 is 0 Å². The van der Waals surface area contributed by atoms with Gasteiger partial charge in [-0.25, -0.2) is 9.78 Å². The van der Waals surface area contributed by atoms with Crippen LogP contribution >= 0.6 is 11.3 Å². The van der Waals surface area contributed by atoms with Crippen molar-refractivity contribution in [1.29, 1.82) is 0 Å². The number of aromatic nitrogens is 2. The standard InChI is InChI=1S/C15H11N3O4S/c1-22-14(21)9-2-4-10(5-3-9)17-12(19)11-8-16-15-18(13(11)20)6-7-23-15/h2-8H,1H3,(H,17,19). The van der Waals surface area contributed by atoms with Crippen molar-refractivity contribution in [3.05, 3.63) is 63.5 Å². The van der Waals surface area contributed by atoms with Gasteiger partial charge in [0.1, 0.15) is 5.56 Å². The zero-order valence-electron chi connectivity index (χ0n) is 12.0. The van der Waals surface area contributed by atoms with Crippen LogP contribution in [-0.2, 0) is 4.74 Å². The molecule has 0 aliphatic rings. The quantitative estimate of drug-likeness (QED) is 0.740. The van der Waals surface area contributed by atoms with Crippen LogP contribution in [0.15, 0.2) is 46.8 Å². The summed E-state index contributed by atoms with van der Waals surface area (Å²) in [5.74, 6) is -1.03. The lowest BCUT2D eigenvalue weighted by molar-refractivity contribution is 0.0600. The number of amides is 1. The molecule has 0 atom stereocenters. The van der Waals surface area contributed by atoms with E-state index in [-0.39, 0.29) is 5.56 Å². The Bertz CT molecular complexity index is 943. The zero-order chi connectivity index (χ0) is 16.4. The third-order valence-corrected chi connectivity index (χ3v) is 3.92. The van der Waals surface area contributed by atoms with E-state index < -0.39 is 17.4 Å². The number of thiazole rings is 1. The van der Waals surface area contributed by atoms with Crippen molar-refractivity contribution in [1.82, 2.24) is 9.38 Å². The van der Waals surface area contributed by atoms with Gasteiger partial charge in [-0.2, -0.15) is 0 Å². The summed E-state index contributed by atoms with van der Waals surface area (Å²) in [4.78, 5) is 40.4. The Hall–Kier alpha value is -3.00. The van der Waals surface area contributed by atoms with Crippen LogP contribution < -0.4 is 10.9 Å². The minimum absolute atomic E-state index is 0.0575. The first-order valence-electron chi connectivity index (χ1n) is 6.55. The second kappa shape index (κ2) is 6.01. The van der Waals surface area contributed by atoms with E-state index in [0.717, 1.165) is 0 Å². The van der Waals surface area contributed by atoms with Crippen molar-refractivity contribution in [3.63, 3.8) is 0 Å². The number of fused-ring (bicyclic) bond motifs is 1. The molecule has 0 saturated carbocycles. The predicted molar refractivity (Wildman–Crippen MR) is 85.1 cm³/mol. The maximum atomic E-state index is 12.2. The molecule has 0 spiro atoms. The molecule has 116 valence electrons. The highest BCUT2D eigenvalue weighted by atomic mass is 32.1. The number of benzene rings is 1. The molecule has 0 aliphatic heterocycles. The number of nitrogens with zero attached hydrogens (tertiary/aromatic N) is 2. The van der Waals surface area contributed by atoms with Crippen molar-refractivity contribution in [2.45, 2.75) is 0 Å². The Morgan fingerprint density at radius 3 is 2.70 bits per heavy atom. The van der Waals surface area contributed by atoms with Gasteiger partial charge in [0.05, 0.1) is 12.7 Å². The van der Waals surface area contributed by atoms with Gasteiger partial charge in [0, 0.05) is 23.5 Å². The van der Waals surface area contributed by atoms with Crippen molar-refractivity contribution >= 4 is 33.9 Å². The largest absolute Gasteiger partial charge is 0.465 e. The summed E-state index contributed by atoms with van der Waals surface area (Å²) in [5.41, 5.74) is 0.335. The SMILES string of the molecule is COC(=O)c1ccc(NC(=O)c2cnc3sccn3c2=O)cc1. The Morgan fingerprint density at radius 2 is 2.00 bits per heavy atom. The maximum absolute atomic E-state index is 12.2. The molecule has 0 radical (unpaired) electrons. The van der Waals surface area contributed by atoms with Crippen LogP contribution in [0.4, 0.5) is 5.69 Å². The number of nitrogens with one attached hydrogen (secondary N) is 1. The average molecular weight is 329 g/mol. The van der Waals surface area contributed by atoms with Crippen LogP contribution in [-0.4, -0.2) is 28.4 Å². The fourth-order valence-corrected chi connectivity index (χ4v) is 2.66. The Balaban J connectivity index is 1.84. The van der Waals surface area contributed by atoms with Crippen molar-refractivity contribution in [2.75, 3.05) is 12.4 Å². The molecule has 7 nitrogen and oxygen atoms in total. The summed E-state index contributed by atoms with van der Waals surface area (Å²) in [5, 5.41) is 4.32. The molecular formula is C15H11N3O4S. The highest BCUT2D eigenvalue weighted by molar-refractivity contribution is 7.15. The van der Waals surface area contributed by atoms with Crippen LogP contribution in [0.25, 0.3) is 4.96 Å². The molecule has 8 heteroatoms. The Labute approximate surface area is 134 Å². The number of ether oxygens (including phenoxy) is 1. The minimum atomic E-state index is -0.561. The highest BCUT2D eigenvalue weighted by Gasteiger charge is 2.14. The van der Waals surface area contributed by atoms with Crippen LogP contribution in [0.5, 0.6) is 0 Å². The first-order chi connectivity index (χ1) is 11.1. The summed E-state index contributed by atoms with van der Waals surface area (Å²) < 4.78 is 5.92.